The number of nitrogen functional groups attached to an aromatic ring is 1. The van der Waals surface area contributed by atoms with E-state index >= 15 is 0 Å². The van der Waals surface area contributed by atoms with Crippen LogP contribution in [0, 0.1) is 18.7 Å². The van der Waals surface area contributed by atoms with Gasteiger partial charge in [-0.05, 0) is 49.4 Å². The van der Waals surface area contributed by atoms with Crippen LogP contribution in [0.5, 0.6) is 0 Å². The van der Waals surface area contributed by atoms with Crippen LogP contribution in [0.15, 0.2) is 30.3 Å². The number of nitrogens with zero attached hydrogens (tertiary/aromatic N) is 4. The number of hydrogen-bond acceptors (Lipinski definition) is 6. The molecule has 2 aromatic heterocycles. The minimum atomic E-state index is -0.387. The molecule has 1 saturated carbocycles. The van der Waals surface area contributed by atoms with Gasteiger partial charge in [0, 0.05) is 19.6 Å². The molecule has 1 aliphatic heterocycles. The van der Waals surface area contributed by atoms with E-state index < -0.39 is 0 Å². The number of nitrogens with two attached hydrogens (primary N) is 1. The zero-order valence-electron chi connectivity index (χ0n) is 17.7. The highest BCUT2D eigenvalue weighted by Crippen LogP contribution is 2.49. The molecule has 3 heterocycles. The van der Waals surface area contributed by atoms with Crippen LogP contribution in [0.25, 0.3) is 10.4 Å². The van der Waals surface area contributed by atoms with Gasteiger partial charge < -0.3 is 16.0 Å². The number of nitrogens with one attached hydrogen (secondary N) is 1. The normalized spacial score (nSPS) is 21.5. The fourth-order valence-corrected chi connectivity index (χ4v) is 5.43. The van der Waals surface area contributed by atoms with Gasteiger partial charge in [-0.15, -0.1) is 0 Å². The fourth-order valence-electron chi connectivity index (χ4n) is 4.61. The van der Waals surface area contributed by atoms with Gasteiger partial charge >= 0.3 is 0 Å². The summed E-state index contributed by atoms with van der Waals surface area (Å²) in [6, 6.07) is 7.81. The number of likely N-dealkylation sites (tertiary alicyclic amines) is 1. The SMILES string of the molecule is Cc1cc(C(=O)NC[C@@H]2C[C@@H]3C[C@@H]3N2C(=O)c2nc(N)sc2-c2cccc(F)c2)n(C)n1. The summed E-state index contributed by atoms with van der Waals surface area (Å²) in [6.07, 6.45) is 1.78. The van der Waals surface area contributed by atoms with Crippen molar-refractivity contribution in [2.45, 2.75) is 31.8 Å². The second kappa shape index (κ2) is 7.70. The molecule has 0 unspecified atom stereocenters. The van der Waals surface area contributed by atoms with E-state index in [0.29, 0.717) is 28.6 Å². The number of aromatic nitrogens is 3. The lowest BCUT2D eigenvalue weighted by Gasteiger charge is -2.27. The molecule has 2 fully saturated rings. The second-order valence-electron chi connectivity index (χ2n) is 8.41. The van der Waals surface area contributed by atoms with Crippen molar-refractivity contribution >= 4 is 28.3 Å². The lowest BCUT2D eigenvalue weighted by atomic mass is 10.1. The van der Waals surface area contributed by atoms with Crippen molar-refractivity contribution in [3.05, 3.63) is 53.2 Å². The summed E-state index contributed by atoms with van der Waals surface area (Å²) >= 11 is 1.17. The van der Waals surface area contributed by atoms with E-state index in [-0.39, 0.29) is 40.5 Å². The van der Waals surface area contributed by atoms with E-state index in [9.17, 15) is 14.0 Å². The first kappa shape index (κ1) is 20.6. The standard InChI is InChI=1S/C22H23FN6O2S/c1-11-6-17(28(2)27-11)20(30)25-10-15-8-13-9-16(13)29(15)21(31)18-19(32-22(24)26-18)12-4-3-5-14(23)7-12/h3-7,13,15-16H,8-10H2,1-2H3,(H2,24,26)(H,25,30)/t13-,15+,16+/m1/s1. The number of aryl methyl sites for hydroxylation is 2. The number of rotatable bonds is 5. The molecule has 3 aromatic rings. The maximum Gasteiger partial charge on any atom is 0.274 e. The predicted molar refractivity (Wildman–Crippen MR) is 119 cm³/mol. The first-order valence-corrected chi connectivity index (χ1v) is 11.3. The van der Waals surface area contributed by atoms with Crippen LogP contribution < -0.4 is 11.1 Å². The zero-order valence-corrected chi connectivity index (χ0v) is 18.5. The number of fused-ring (bicyclic) bond motifs is 1. The number of thiazole rings is 1. The zero-order chi connectivity index (χ0) is 22.6. The lowest BCUT2D eigenvalue weighted by Crippen LogP contribution is -2.45. The molecule has 3 atom stereocenters. The summed E-state index contributed by atoms with van der Waals surface area (Å²) in [5, 5.41) is 7.41. The molecule has 32 heavy (non-hydrogen) atoms. The first-order chi connectivity index (χ1) is 15.3. The summed E-state index contributed by atoms with van der Waals surface area (Å²) in [5.74, 6) is -0.395. The summed E-state index contributed by atoms with van der Waals surface area (Å²) < 4.78 is 15.3. The van der Waals surface area contributed by atoms with Crippen molar-refractivity contribution in [3.63, 3.8) is 0 Å². The Morgan fingerprint density at radius 3 is 2.84 bits per heavy atom. The maximum atomic E-state index is 13.8. The number of piperidine rings is 1. The van der Waals surface area contributed by atoms with Gasteiger partial charge in [-0.3, -0.25) is 14.3 Å². The second-order valence-corrected chi connectivity index (χ2v) is 9.44. The largest absolute Gasteiger partial charge is 0.375 e. The van der Waals surface area contributed by atoms with Gasteiger partial charge in [0.2, 0.25) is 0 Å². The molecule has 1 aliphatic carbocycles. The third kappa shape index (κ3) is 3.64. The number of amides is 2. The molecule has 10 heteroatoms. The third-order valence-corrected chi connectivity index (χ3v) is 7.04. The smallest absolute Gasteiger partial charge is 0.274 e. The Morgan fingerprint density at radius 1 is 1.31 bits per heavy atom. The van der Waals surface area contributed by atoms with Gasteiger partial charge in [-0.25, -0.2) is 9.37 Å². The van der Waals surface area contributed by atoms with E-state index in [1.165, 1.54) is 23.5 Å². The summed E-state index contributed by atoms with van der Waals surface area (Å²) in [4.78, 5) is 32.8. The van der Waals surface area contributed by atoms with Crippen molar-refractivity contribution < 1.29 is 14.0 Å². The number of carbonyl (C=O) groups excluding carboxylic acids is 2. The summed E-state index contributed by atoms with van der Waals surface area (Å²) in [5.41, 5.74) is 7.98. The molecule has 2 aliphatic rings. The van der Waals surface area contributed by atoms with Crippen LogP contribution in [0.4, 0.5) is 9.52 Å². The van der Waals surface area contributed by atoms with Gasteiger partial charge in [0.05, 0.1) is 16.6 Å². The number of hydrogen-bond donors (Lipinski definition) is 2. The Bertz CT molecular complexity index is 1220. The van der Waals surface area contributed by atoms with Crippen molar-refractivity contribution in [1.29, 1.82) is 0 Å². The molecule has 1 aromatic carbocycles. The summed E-state index contributed by atoms with van der Waals surface area (Å²) in [7, 11) is 1.73. The molecular weight excluding hydrogens is 431 g/mol. The molecule has 5 rings (SSSR count). The van der Waals surface area contributed by atoms with Crippen LogP contribution >= 0.6 is 11.3 Å². The van der Waals surface area contributed by atoms with E-state index in [2.05, 4.69) is 15.4 Å². The molecule has 1 saturated heterocycles. The highest BCUT2D eigenvalue weighted by molar-refractivity contribution is 7.19. The average Bonchev–Trinajstić information content (AvgIpc) is 3.06. The van der Waals surface area contributed by atoms with Crippen LogP contribution in [0.1, 0.15) is 39.5 Å². The van der Waals surface area contributed by atoms with E-state index in [1.807, 2.05) is 11.8 Å². The first-order valence-electron chi connectivity index (χ1n) is 10.5. The molecule has 0 bridgehead atoms. The van der Waals surface area contributed by atoms with Gasteiger partial charge in [-0.1, -0.05) is 23.5 Å². The van der Waals surface area contributed by atoms with Crippen molar-refractivity contribution in [2.24, 2.45) is 13.0 Å². The quantitative estimate of drug-likeness (QED) is 0.616. The molecule has 166 valence electrons. The number of anilines is 1. The van der Waals surface area contributed by atoms with E-state index in [1.54, 1.807) is 29.9 Å². The number of carbonyl (C=O) groups is 2. The van der Waals surface area contributed by atoms with E-state index in [0.717, 1.165) is 18.5 Å². The molecule has 8 nitrogen and oxygen atoms in total. The Kier molecular flexibility index (Phi) is 4.96. The van der Waals surface area contributed by atoms with Gasteiger partial charge in [0.15, 0.2) is 5.13 Å². The monoisotopic (exact) mass is 454 g/mol. The average molecular weight is 455 g/mol. The minimum absolute atomic E-state index is 0.132. The van der Waals surface area contributed by atoms with Crippen molar-refractivity contribution in [1.82, 2.24) is 25.0 Å². The van der Waals surface area contributed by atoms with Crippen molar-refractivity contribution in [3.8, 4) is 10.4 Å². The lowest BCUT2D eigenvalue weighted by molar-refractivity contribution is 0.0684. The molecule has 0 radical (unpaired) electrons. The molecule has 0 spiro atoms. The Balaban J connectivity index is 1.36. The Hall–Kier alpha value is -3.27. The maximum absolute atomic E-state index is 13.8. The van der Waals surface area contributed by atoms with Crippen molar-refractivity contribution in [2.75, 3.05) is 12.3 Å². The molecule has 2 amide bonds. The van der Waals surface area contributed by atoms with Crippen LogP contribution in [-0.2, 0) is 7.05 Å². The number of benzene rings is 1. The number of halogens is 1. The van der Waals surface area contributed by atoms with Crippen LogP contribution in [0.2, 0.25) is 0 Å². The minimum Gasteiger partial charge on any atom is -0.375 e. The topological polar surface area (TPSA) is 106 Å². The highest BCUT2D eigenvalue weighted by Gasteiger charge is 2.54. The van der Waals surface area contributed by atoms with E-state index in [4.69, 9.17) is 5.73 Å². The third-order valence-electron chi connectivity index (χ3n) is 6.11. The summed E-state index contributed by atoms with van der Waals surface area (Å²) in [6.45, 7) is 2.17. The van der Waals surface area contributed by atoms with Crippen LogP contribution in [0.3, 0.4) is 0 Å². The fraction of sp³-hybridized carbons (Fsp3) is 0.364. The molecule has 3 N–H and O–H groups in total. The Morgan fingerprint density at radius 2 is 2.12 bits per heavy atom. The van der Waals surface area contributed by atoms with Gasteiger partial charge in [-0.2, -0.15) is 5.10 Å². The predicted octanol–water partition coefficient (Wildman–Crippen LogP) is 2.61. The Labute approximate surface area is 188 Å². The molecular formula is C22H23FN6O2S. The van der Waals surface area contributed by atoms with Crippen LogP contribution in [-0.4, -0.2) is 50.1 Å². The van der Waals surface area contributed by atoms with Gasteiger partial charge in [0.1, 0.15) is 17.2 Å². The van der Waals surface area contributed by atoms with Gasteiger partial charge in [0.25, 0.3) is 11.8 Å². The highest BCUT2D eigenvalue weighted by atomic mass is 32.1.